The average Bonchev–Trinajstić information content (AvgIpc) is 2.64. The lowest BCUT2D eigenvalue weighted by Crippen LogP contribution is -2.45. The first-order valence-electron chi connectivity index (χ1n) is 8.48. The van der Waals surface area contributed by atoms with E-state index in [1.165, 1.54) is 6.42 Å². The van der Waals surface area contributed by atoms with Crippen LogP contribution in [0.5, 0.6) is 0 Å². The zero-order chi connectivity index (χ0) is 16.1. The molecular formula is C20H24N2O. The molecule has 1 aliphatic heterocycles. The molecule has 0 bridgehead atoms. The van der Waals surface area contributed by atoms with Gasteiger partial charge in [0.25, 0.3) is 0 Å². The number of hydrogen-bond donors (Lipinski definition) is 0. The van der Waals surface area contributed by atoms with Crippen molar-refractivity contribution in [3.05, 3.63) is 60.7 Å². The molecule has 0 spiro atoms. The van der Waals surface area contributed by atoms with Gasteiger partial charge in [0.2, 0.25) is 0 Å². The Bertz CT molecular complexity index is 579. The molecule has 2 aromatic carbocycles. The Morgan fingerprint density at radius 2 is 1.43 bits per heavy atom. The number of nitrogens with zero attached hydrogens (tertiary/aromatic N) is 2. The van der Waals surface area contributed by atoms with Gasteiger partial charge < -0.3 is 4.90 Å². The van der Waals surface area contributed by atoms with Gasteiger partial charge in [0.15, 0.2) is 0 Å². The van der Waals surface area contributed by atoms with Crippen LogP contribution in [0.15, 0.2) is 60.7 Å². The molecule has 0 unspecified atom stereocenters. The Balaban J connectivity index is 1.86. The largest absolute Gasteiger partial charge is 0.329 e. The molecule has 1 fully saturated rings. The van der Waals surface area contributed by atoms with Crippen LogP contribution in [-0.2, 0) is 0 Å². The third kappa shape index (κ3) is 3.55. The normalized spacial score (nSPS) is 15.4. The summed E-state index contributed by atoms with van der Waals surface area (Å²) in [6.07, 6.45) is 3.43. The van der Waals surface area contributed by atoms with E-state index in [0.717, 1.165) is 43.2 Å². The highest BCUT2D eigenvalue weighted by molar-refractivity contribution is 5.99. The summed E-state index contributed by atoms with van der Waals surface area (Å²) in [5.41, 5.74) is 1.84. The van der Waals surface area contributed by atoms with E-state index >= 15 is 0 Å². The summed E-state index contributed by atoms with van der Waals surface area (Å²) in [6, 6.07) is 19.9. The van der Waals surface area contributed by atoms with Gasteiger partial charge >= 0.3 is 6.03 Å². The summed E-state index contributed by atoms with van der Waals surface area (Å²) in [7, 11) is 0. The summed E-state index contributed by atoms with van der Waals surface area (Å²) < 4.78 is 0. The Labute approximate surface area is 138 Å². The number of anilines is 2. The van der Waals surface area contributed by atoms with Crippen molar-refractivity contribution in [1.29, 1.82) is 0 Å². The summed E-state index contributed by atoms with van der Waals surface area (Å²) in [4.78, 5) is 17.0. The number of para-hydroxylation sites is 2. The van der Waals surface area contributed by atoms with Crippen LogP contribution >= 0.6 is 0 Å². The van der Waals surface area contributed by atoms with Crippen LogP contribution < -0.4 is 4.90 Å². The summed E-state index contributed by atoms with van der Waals surface area (Å²) >= 11 is 0. The minimum atomic E-state index is 0.0805. The molecular weight excluding hydrogens is 284 g/mol. The number of likely N-dealkylation sites (tertiary alicyclic amines) is 1. The molecule has 3 heteroatoms. The van der Waals surface area contributed by atoms with Crippen molar-refractivity contribution in [2.75, 3.05) is 18.0 Å². The number of carbonyl (C=O) groups excluding carboxylic acids is 1. The number of piperidine rings is 1. The Morgan fingerprint density at radius 1 is 0.957 bits per heavy atom. The first-order valence-corrected chi connectivity index (χ1v) is 8.48. The monoisotopic (exact) mass is 308 g/mol. The molecule has 0 aliphatic carbocycles. The highest BCUT2D eigenvalue weighted by Crippen LogP contribution is 2.28. The third-order valence-corrected chi connectivity index (χ3v) is 4.68. The fourth-order valence-corrected chi connectivity index (χ4v) is 3.20. The highest BCUT2D eigenvalue weighted by atomic mass is 16.2. The summed E-state index contributed by atoms with van der Waals surface area (Å²) in [6.45, 7) is 3.95. The molecule has 1 heterocycles. The lowest BCUT2D eigenvalue weighted by atomic mass is 9.94. The van der Waals surface area contributed by atoms with Crippen LogP contribution in [0.3, 0.4) is 0 Å². The Morgan fingerprint density at radius 3 is 1.87 bits per heavy atom. The van der Waals surface area contributed by atoms with Gasteiger partial charge in [0, 0.05) is 13.1 Å². The average molecular weight is 308 g/mol. The van der Waals surface area contributed by atoms with Crippen molar-refractivity contribution >= 4 is 17.4 Å². The maximum Gasteiger partial charge on any atom is 0.329 e. The van der Waals surface area contributed by atoms with Gasteiger partial charge in [-0.15, -0.1) is 0 Å². The SMILES string of the molecule is CCC1CCN(C(=O)N(c2ccccc2)c2ccccc2)CC1. The molecule has 120 valence electrons. The molecule has 23 heavy (non-hydrogen) atoms. The molecule has 1 saturated heterocycles. The van der Waals surface area contributed by atoms with Gasteiger partial charge in [-0.1, -0.05) is 49.7 Å². The molecule has 0 N–H and O–H groups in total. The molecule has 2 amide bonds. The van der Waals surface area contributed by atoms with Crippen molar-refractivity contribution in [2.45, 2.75) is 26.2 Å². The molecule has 0 radical (unpaired) electrons. The fraction of sp³-hybridized carbons (Fsp3) is 0.350. The van der Waals surface area contributed by atoms with Gasteiger partial charge in [0.1, 0.15) is 0 Å². The number of benzene rings is 2. The summed E-state index contributed by atoms with van der Waals surface area (Å²) in [5, 5.41) is 0. The molecule has 1 aliphatic rings. The second-order valence-electron chi connectivity index (χ2n) is 6.13. The minimum absolute atomic E-state index is 0.0805. The molecule has 3 nitrogen and oxygen atoms in total. The zero-order valence-electron chi connectivity index (χ0n) is 13.7. The second-order valence-corrected chi connectivity index (χ2v) is 6.13. The smallest absolute Gasteiger partial charge is 0.324 e. The topological polar surface area (TPSA) is 23.6 Å². The molecule has 0 atom stereocenters. The van der Waals surface area contributed by atoms with E-state index in [2.05, 4.69) is 6.92 Å². The third-order valence-electron chi connectivity index (χ3n) is 4.68. The van der Waals surface area contributed by atoms with Crippen molar-refractivity contribution in [2.24, 2.45) is 5.92 Å². The molecule has 2 aromatic rings. The predicted molar refractivity (Wildman–Crippen MR) is 95.0 cm³/mol. The predicted octanol–water partition coefficient (Wildman–Crippen LogP) is 5.07. The first-order chi connectivity index (χ1) is 11.3. The Kier molecular flexibility index (Phi) is 4.96. The van der Waals surface area contributed by atoms with Gasteiger partial charge in [0.05, 0.1) is 11.4 Å². The van der Waals surface area contributed by atoms with E-state index in [4.69, 9.17) is 0 Å². The standard InChI is InChI=1S/C20H24N2O/c1-2-17-13-15-21(16-14-17)20(23)22(18-9-5-3-6-10-18)19-11-7-4-8-12-19/h3-12,17H,2,13-16H2,1H3. The fourth-order valence-electron chi connectivity index (χ4n) is 3.20. The van der Waals surface area contributed by atoms with E-state index in [1.54, 1.807) is 0 Å². The number of amides is 2. The molecule has 3 rings (SSSR count). The van der Waals surface area contributed by atoms with Crippen molar-refractivity contribution in [3.63, 3.8) is 0 Å². The second kappa shape index (κ2) is 7.32. The van der Waals surface area contributed by atoms with E-state index in [9.17, 15) is 4.79 Å². The van der Waals surface area contributed by atoms with Crippen LogP contribution in [0.1, 0.15) is 26.2 Å². The van der Waals surface area contributed by atoms with Crippen molar-refractivity contribution in [3.8, 4) is 0 Å². The van der Waals surface area contributed by atoms with Gasteiger partial charge in [-0.3, -0.25) is 4.90 Å². The number of hydrogen-bond acceptors (Lipinski definition) is 1. The van der Waals surface area contributed by atoms with E-state index < -0.39 is 0 Å². The van der Waals surface area contributed by atoms with Gasteiger partial charge in [-0.05, 0) is 43.0 Å². The number of rotatable bonds is 3. The highest BCUT2D eigenvalue weighted by Gasteiger charge is 2.27. The van der Waals surface area contributed by atoms with Crippen LogP contribution in [0.2, 0.25) is 0 Å². The maximum atomic E-state index is 13.1. The van der Waals surface area contributed by atoms with Crippen molar-refractivity contribution < 1.29 is 4.79 Å². The minimum Gasteiger partial charge on any atom is -0.324 e. The lowest BCUT2D eigenvalue weighted by Gasteiger charge is -2.35. The first kappa shape index (κ1) is 15.6. The van der Waals surface area contributed by atoms with Gasteiger partial charge in [-0.2, -0.15) is 0 Å². The zero-order valence-corrected chi connectivity index (χ0v) is 13.7. The van der Waals surface area contributed by atoms with Crippen LogP contribution in [0.4, 0.5) is 16.2 Å². The lowest BCUT2D eigenvalue weighted by molar-refractivity contribution is 0.177. The maximum absolute atomic E-state index is 13.1. The molecule has 0 saturated carbocycles. The van der Waals surface area contributed by atoms with E-state index in [1.807, 2.05) is 70.5 Å². The van der Waals surface area contributed by atoms with E-state index in [-0.39, 0.29) is 6.03 Å². The Hall–Kier alpha value is -2.29. The van der Waals surface area contributed by atoms with Crippen LogP contribution in [-0.4, -0.2) is 24.0 Å². The quantitative estimate of drug-likeness (QED) is 0.777. The number of urea groups is 1. The summed E-state index contributed by atoms with van der Waals surface area (Å²) in [5.74, 6) is 0.765. The van der Waals surface area contributed by atoms with Crippen molar-refractivity contribution in [1.82, 2.24) is 4.90 Å². The number of carbonyl (C=O) groups is 1. The van der Waals surface area contributed by atoms with E-state index in [0.29, 0.717) is 0 Å². The van der Waals surface area contributed by atoms with Gasteiger partial charge in [-0.25, -0.2) is 4.79 Å². The molecule has 0 aromatic heterocycles. The van der Waals surface area contributed by atoms with Crippen LogP contribution in [0.25, 0.3) is 0 Å². The van der Waals surface area contributed by atoms with Crippen LogP contribution in [0, 0.1) is 5.92 Å².